The molecule has 10 aromatic rings. The van der Waals surface area contributed by atoms with Crippen molar-refractivity contribution in [2.75, 3.05) is 4.90 Å². The normalized spacial score (nSPS) is 11.7. The summed E-state index contributed by atoms with van der Waals surface area (Å²) in [4.78, 5) is 12.8. The van der Waals surface area contributed by atoms with E-state index in [-0.39, 0.29) is 0 Å². The average Bonchev–Trinajstić information content (AvgIpc) is 3.53. The number of aryl methyl sites for hydroxylation is 2. The van der Waals surface area contributed by atoms with Gasteiger partial charge in [0.2, 0.25) is 0 Å². The van der Waals surface area contributed by atoms with Crippen molar-refractivity contribution in [3.63, 3.8) is 0 Å². The maximum Gasteiger partial charge on any atom is 0.0979 e. The summed E-state index contributed by atoms with van der Waals surface area (Å²) in [5.41, 5.74) is 13.0. The molecule has 4 heteroatoms. The highest BCUT2D eigenvalue weighted by Gasteiger charge is 2.20. The molecule has 0 aliphatic carbocycles. The summed E-state index contributed by atoms with van der Waals surface area (Å²) in [6, 6.07) is 58.5. The first kappa shape index (κ1) is 30.1. The van der Waals surface area contributed by atoms with Crippen molar-refractivity contribution in [3.8, 4) is 16.9 Å². The predicted octanol–water partition coefficient (Wildman–Crippen LogP) is 12.8. The van der Waals surface area contributed by atoms with Crippen molar-refractivity contribution in [1.29, 1.82) is 0 Å². The highest BCUT2D eigenvalue weighted by atomic mass is 15.1. The predicted molar refractivity (Wildman–Crippen MR) is 218 cm³/mol. The standard InChI is InChI=1S/C48H34N4/c1-31-28-46(32(2)27-41(31)43-30-49-47-39-22-11-9-19-36(39)37-20-10-12-23-40(37)48(47)50-43)51(33-15-5-3-6-16-33)35-25-26-45-42(29-35)38-21-13-14-24-44(38)52(45)34-17-7-4-8-18-34/h3-30H,1-2H3. The molecule has 0 spiro atoms. The van der Waals surface area contributed by atoms with Crippen LogP contribution in [-0.4, -0.2) is 14.5 Å². The van der Waals surface area contributed by atoms with E-state index in [0.717, 1.165) is 66.9 Å². The van der Waals surface area contributed by atoms with E-state index in [1.807, 2.05) is 6.20 Å². The number of rotatable bonds is 5. The van der Waals surface area contributed by atoms with Gasteiger partial charge in [0.05, 0.1) is 34.0 Å². The Hall–Kier alpha value is -6.78. The Kier molecular flexibility index (Phi) is 6.90. The molecule has 0 saturated carbocycles. The molecular weight excluding hydrogens is 633 g/mol. The number of para-hydroxylation sites is 3. The quantitative estimate of drug-likeness (QED) is 0.171. The summed E-state index contributed by atoms with van der Waals surface area (Å²) in [6.07, 6.45) is 1.94. The minimum atomic E-state index is 0.876. The number of nitrogens with zero attached hydrogens (tertiary/aromatic N) is 4. The molecule has 8 aromatic carbocycles. The van der Waals surface area contributed by atoms with E-state index < -0.39 is 0 Å². The third-order valence-corrected chi connectivity index (χ3v) is 10.4. The zero-order valence-electron chi connectivity index (χ0n) is 29.0. The van der Waals surface area contributed by atoms with Crippen LogP contribution in [0.25, 0.3) is 71.3 Å². The number of fused-ring (bicyclic) bond motifs is 9. The van der Waals surface area contributed by atoms with E-state index >= 15 is 0 Å². The first-order valence-corrected chi connectivity index (χ1v) is 17.8. The van der Waals surface area contributed by atoms with Crippen LogP contribution in [0.1, 0.15) is 11.1 Å². The number of anilines is 3. The maximum atomic E-state index is 5.33. The van der Waals surface area contributed by atoms with Gasteiger partial charge in [-0.25, -0.2) is 4.98 Å². The fraction of sp³-hybridized carbons (Fsp3) is 0.0417. The first-order valence-electron chi connectivity index (χ1n) is 17.8. The molecule has 10 rings (SSSR count). The second kappa shape index (κ2) is 11.9. The van der Waals surface area contributed by atoms with Gasteiger partial charge in [0.25, 0.3) is 0 Å². The van der Waals surface area contributed by atoms with Gasteiger partial charge in [0.1, 0.15) is 0 Å². The van der Waals surface area contributed by atoms with E-state index in [1.165, 1.54) is 32.6 Å². The number of benzene rings is 8. The third kappa shape index (κ3) is 4.69. The molecule has 2 heterocycles. The lowest BCUT2D eigenvalue weighted by atomic mass is 9.98. The summed E-state index contributed by atoms with van der Waals surface area (Å²) < 4.78 is 2.36. The van der Waals surface area contributed by atoms with Gasteiger partial charge in [-0.1, -0.05) is 103 Å². The molecule has 0 fully saturated rings. The van der Waals surface area contributed by atoms with Gasteiger partial charge in [0, 0.05) is 49.9 Å². The maximum absolute atomic E-state index is 5.33. The first-order chi connectivity index (χ1) is 25.6. The summed E-state index contributed by atoms with van der Waals surface area (Å²) >= 11 is 0. The monoisotopic (exact) mass is 666 g/mol. The summed E-state index contributed by atoms with van der Waals surface area (Å²) in [6.45, 7) is 4.38. The van der Waals surface area contributed by atoms with Crippen molar-refractivity contribution < 1.29 is 0 Å². The van der Waals surface area contributed by atoms with Crippen molar-refractivity contribution in [2.45, 2.75) is 13.8 Å². The average molecular weight is 667 g/mol. The van der Waals surface area contributed by atoms with Crippen LogP contribution in [0.2, 0.25) is 0 Å². The highest BCUT2D eigenvalue weighted by Crippen LogP contribution is 2.42. The number of hydrogen-bond donors (Lipinski definition) is 0. The fourth-order valence-corrected chi connectivity index (χ4v) is 8.03. The van der Waals surface area contributed by atoms with Crippen LogP contribution in [0.4, 0.5) is 17.1 Å². The molecule has 52 heavy (non-hydrogen) atoms. The Balaban J connectivity index is 1.14. The van der Waals surface area contributed by atoms with Gasteiger partial charge < -0.3 is 9.47 Å². The number of hydrogen-bond acceptors (Lipinski definition) is 3. The minimum Gasteiger partial charge on any atom is -0.310 e. The molecule has 0 saturated heterocycles. The molecule has 0 bridgehead atoms. The Morgan fingerprint density at radius 1 is 0.462 bits per heavy atom. The number of aromatic nitrogens is 3. The van der Waals surface area contributed by atoms with E-state index in [9.17, 15) is 0 Å². The molecule has 0 unspecified atom stereocenters. The lowest BCUT2D eigenvalue weighted by Gasteiger charge is -2.28. The smallest absolute Gasteiger partial charge is 0.0979 e. The van der Waals surface area contributed by atoms with Crippen LogP contribution in [0.3, 0.4) is 0 Å². The van der Waals surface area contributed by atoms with Gasteiger partial charge in [-0.05, 0) is 96.4 Å². The van der Waals surface area contributed by atoms with E-state index in [2.05, 4.69) is 187 Å². The highest BCUT2D eigenvalue weighted by molar-refractivity contribution is 6.23. The molecular formula is C48H34N4. The van der Waals surface area contributed by atoms with Crippen molar-refractivity contribution in [1.82, 2.24) is 14.5 Å². The zero-order valence-corrected chi connectivity index (χ0v) is 29.0. The van der Waals surface area contributed by atoms with Crippen molar-refractivity contribution >= 4 is 71.4 Å². The van der Waals surface area contributed by atoms with Crippen molar-refractivity contribution in [3.05, 3.63) is 181 Å². The molecule has 0 aliphatic heterocycles. The Morgan fingerprint density at radius 3 is 1.79 bits per heavy atom. The molecule has 2 aromatic heterocycles. The van der Waals surface area contributed by atoms with Crippen LogP contribution < -0.4 is 4.90 Å². The van der Waals surface area contributed by atoms with E-state index in [0.29, 0.717) is 0 Å². The Labute approximate surface area is 301 Å². The molecule has 0 radical (unpaired) electrons. The largest absolute Gasteiger partial charge is 0.310 e. The summed E-state index contributed by atoms with van der Waals surface area (Å²) in [5.74, 6) is 0. The molecule has 0 atom stereocenters. The lowest BCUT2D eigenvalue weighted by molar-refractivity contribution is 1.18. The van der Waals surface area contributed by atoms with Gasteiger partial charge >= 0.3 is 0 Å². The second-order valence-corrected chi connectivity index (χ2v) is 13.6. The Morgan fingerprint density at radius 2 is 1.06 bits per heavy atom. The summed E-state index contributed by atoms with van der Waals surface area (Å²) in [7, 11) is 0. The van der Waals surface area contributed by atoms with Crippen LogP contribution in [0.5, 0.6) is 0 Å². The lowest BCUT2D eigenvalue weighted by Crippen LogP contribution is -2.12. The second-order valence-electron chi connectivity index (χ2n) is 13.6. The topological polar surface area (TPSA) is 34.0 Å². The van der Waals surface area contributed by atoms with Gasteiger partial charge in [-0.15, -0.1) is 0 Å². The summed E-state index contributed by atoms with van der Waals surface area (Å²) in [5, 5.41) is 7.09. The minimum absolute atomic E-state index is 0.876. The Bertz CT molecular complexity index is 2950. The van der Waals surface area contributed by atoms with Gasteiger partial charge in [0.15, 0.2) is 0 Å². The van der Waals surface area contributed by atoms with Crippen LogP contribution in [0.15, 0.2) is 170 Å². The third-order valence-electron chi connectivity index (χ3n) is 10.4. The van der Waals surface area contributed by atoms with Crippen LogP contribution in [-0.2, 0) is 0 Å². The van der Waals surface area contributed by atoms with E-state index in [4.69, 9.17) is 9.97 Å². The SMILES string of the molecule is Cc1cc(N(c2ccccc2)c2ccc3c(c2)c2ccccc2n3-c2ccccc2)c(C)cc1-c1cnc2c3ccccc3c3ccccc3c2n1. The molecule has 246 valence electrons. The molecule has 0 amide bonds. The zero-order chi connectivity index (χ0) is 34.8. The van der Waals surface area contributed by atoms with E-state index in [1.54, 1.807) is 0 Å². The van der Waals surface area contributed by atoms with Crippen LogP contribution >= 0.6 is 0 Å². The molecule has 0 N–H and O–H groups in total. The van der Waals surface area contributed by atoms with Gasteiger partial charge in [-0.2, -0.15) is 0 Å². The van der Waals surface area contributed by atoms with Gasteiger partial charge in [-0.3, -0.25) is 4.98 Å². The van der Waals surface area contributed by atoms with Crippen LogP contribution in [0, 0.1) is 13.8 Å². The van der Waals surface area contributed by atoms with Crippen molar-refractivity contribution in [2.24, 2.45) is 0 Å². The molecule has 4 nitrogen and oxygen atoms in total. The fourth-order valence-electron chi connectivity index (χ4n) is 8.03. The molecule has 0 aliphatic rings.